The minimum atomic E-state index is -0.683. The molecule has 2 rings (SSSR count). The number of alkyl halides is 1. The molecule has 0 spiro atoms. The number of aliphatic imine (C=N–C) groups is 1. The minimum Gasteiger partial charge on any atom is -0.439 e. The Kier molecular flexibility index (Phi) is 10.6. The van der Waals surface area contributed by atoms with Crippen LogP contribution in [0.2, 0.25) is 0 Å². The number of halogens is 1. The molecule has 1 aromatic rings. The molecule has 1 aliphatic carbocycles. The number of hydrogen-bond donors (Lipinski definition) is 4. The lowest BCUT2D eigenvalue weighted by atomic mass is 10.0. The maximum absolute atomic E-state index is 10.6. The Morgan fingerprint density at radius 2 is 2.10 bits per heavy atom. The molecular weight excluding hydrogens is 416 g/mol. The van der Waals surface area contributed by atoms with Crippen molar-refractivity contribution in [2.45, 2.75) is 70.8 Å². The molecule has 0 saturated heterocycles. The van der Waals surface area contributed by atoms with Crippen LogP contribution in [0.1, 0.15) is 64.4 Å². The van der Waals surface area contributed by atoms with E-state index in [1.807, 2.05) is 19.9 Å². The van der Waals surface area contributed by atoms with Gasteiger partial charge >= 0.3 is 0 Å². The number of nitrogen functional groups attached to an aromatic ring is 1. The third-order valence-corrected chi connectivity index (χ3v) is 5.72. The van der Waals surface area contributed by atoms with Gasteiger partial charge < -0.3 is 25.7 Å². The van der Waals surface area contributed by atoms with Crippen LogP contribution in [0, 0.1) is 5.92 Å². The summed E-state index contributed by atoms with van der Waals surface area (Å²) < 4.78 is 6.12. The van der Waals surface area contributed by atoms with Crippen molar-refractivity contribution in [3.63, 3.8) is 0 Å². The molecule has 1 aliphatic rings. The lowest BCUT2D eigenvalue weighted by molar-refractivity contribution is 0.187. The summed E-state index contributed by atoms with van der Waals surface area (Å²) in [5, 5.41) is 21.2. The molecule has 1 saturated carbocycles. The maximum Gasteiger partial charge on any atom is 0.220 e. The number of hydrogen-bond acceptors (Lipinski definition) is 7. The van der Waals surface area contributed by atoms with Crippen molar-refractivity contribution in [1.29, 1.82) is 0 Å². The van der Waals surface area contributed by atoms with Crippen molar-refractivity contribution in [1.82, 2.24) is 0 Å². The fourth-order valence-corrected chi connectivity index (χ4v) is 3.54. The highest BCUT2D eigenvalue weighted by Crippen LogP contribution is 2.37. The van der Waals surface area contributed by atoms with Gasteiger partial charge in [-0.05, 0) is 57.1 Å². The summed E-state index contributed by atoms with van der Waals surface area (Å²) in [5.41, 5.74) is 8.92. The van der Waals surface area contributed by atoms with E-state index in [2.05, 4.69) is 4.99 Å². The number of unbranched alkanes of at least 4 members (excludes halogenated alkanes) is 2. The molecule has 6 N–H and O–H groups in total. The summed E-state index contributed by atoms with van der Waals surface area (Å²) >= 11 is 6.22. The third-order valence-electron chi connectivity index (χ3n) is 5.46. The molecule has 8 heteroatoms. The highest BCUT2D eigenvalue weighted by molar-refractivity contribution is 6.17. The number of rotatable bonds is 14. The van der Waals surface area contributed by atoms with Gasteiger partial charge in [0.25, 0.3) is 0 Å². The molecular formula is C23H37ClN4O3. The van der Waals surface area contributed by atoms with Crippen LogP contribution in [0.3, 0.4) is 0 Å². The van der Waals surface area contributed by atoms with E-state index in [-0.39, 0.29) is 12.5 Å². The number of nitrogens with two attached hydrogens (primary N) is 2. The molecule has 0 heterocycles. The van der Waals surface area contributed by atoms with Gasteiger partial charge in [0.15, 0.2) is 0 Å². The SMILES string of the molecule is CC/C=N\C(Oc1ccc(N(N)CC2CC2)c(N)c1CCl)=C(/C)C(O)CCCCCO. The van der Waals surface area contributed by atoms with Gasteiger partial charge in [-0.25, -0.2) is 10.8 Å². The van der Waals surface area contributed by atoms with Crippen molar-refractivity contribution in [3.8, 4) is 5.75 Å². The average Bonchev–Trinajstić information content (AvgIpc) is 3.57. The van der Waals surface area contributed by atoms with Crippen molar-refractivity contribution in [3.05, 3.63) is 29.2 Å². The van der Waals surface area contributed by atoms with E-state index in [0.717, 1.165) is 37.9 Å². The summed E-state index contributed by atoms with van der Waals surface area (Å²) in [7, 11) is 0. The molecule has 0 aromatic heterocycles. The number of aliphatic hydroxyl groups excluding tert-OH is 2. The number of aliphatic hydroxyl groups is 2. The van der Waals surface area contributed by atoms with Gasteiger partial charge in [0.2, 0.25) is 5.88 Å². The van der Waals surface area contributed by atoms with E-state index in [1.165, 1.54) is 12.8 Å². The van der Waals surface area contributed by atoms with Crippen molar-refractivity contribution in [2.75, 3.05) is 23.9 Å². The largest absolute Gasteiger partial charge is 0.439 e. The first-order valence-electron chi connectivity index (χ1n) is 11.1. The van der Waals surface area contributed by atoms with Crippen molar-refractivity contribution < 1.29 is 14.9 Å². The lowest BCUT2D eigenvalue weighted by Crippen LogP contribution is -2.33. The zero-order chi connectivity index (χ0) is 22.8. The molecule has 0 bridgehead atoms. The van der Waals surface area contributed by atoms with Gasteiger partial charge in [0, 0.05) is 30.5 Å². The van der Waals surface area contributed by atoms with Crippen molar-refractivity contribution in [2.24, 2.45) is 16.8 Å². The third kappa shape index (κ3) is 7.68. The van der Waals surface area contributed by atoms with Crippen LogP contribution in [0.4, 0.5) is 11.4 Å². The molecule has 1 atom stereocenters. The van der Waals surface area contributed by atoms with E-state index in [4.69, 9.17) is 33.0 Å². The number of ether oxygens (including phenoxy) is 1. The first kappa shape index (κ1) is 25.5. The molecule has 1 fully saturated rings. The quantitative estimate of drug-likeness (QED) is 0.0641. The molecule has 0 aliphatic heterocycles. The first-order valence-corrected chi connectivity index (χ1v) is 11.7. The standard InChI is InChI=1S/C23H37ClN4O3/c1-3-12-27-23(16(2)20(30)7-5-4-6-13-29)31-21-11-10-19(22(25)18(21)14-24)28(26)15-17-8-9-17/h10-12,17,20,29-30H,3-9,13-15,25-26H2,1-2H3/b23-16-,27-12-. The van der Waals surface area contributed by atoms with E-state index in [1.54, 1.807) is 17.3 Å². The number of hydrazine groups is 1. The van der Waals surface area contributed by atoms with Crippen LogP contribution in [0.15, 0.2) is 28.6 Å². The van der Waals surface area contributed by atoms with E-state index >= 15 is 0 Å². The van der Waals surface area contributed by atoms with Crippen LogP contribution in [0.25, 0.3) is 0 Å². The predicted molar refractivity (Wildman–Crippen MR) is 128 cm³/mol. The van der Waals surface area contributed by atoms with Gasteiger partial charge in [-0.15, -0.1) is 11.6 Å². The van der Waals surface area contributed by atoms with Crippen molar-refractivity contribution >= 4 is 29.2 Å². The first-order chi connectivity index (χ1) is 14.9. The van der Waals surface area contributed by atoms with Crippen LogP contribution in [0.5, 0.6) is 5.75 Å². The normalized spacial score (nSPS) is 15.8. The highest BCUT2D eigenvalue weighted by atomic mass is 35.5. The fourth-order valence-electron chi connectivity index (χ4n) is 3.27. The Morgan fingerprint density at radius 3 is 2.71 bits per heavy atom. The molecule has 1 aromatic carbocycles. The predicted octanol–water partition coefficient (Wildman–Crippen LogP) is 4.10. The van der Waals surface area contributed by atoms with Gasteiger partial charge in [-0.2, -0.15) is 0 Å². The molecule has 174 valence electrons. The van der Waals surface area contributed by atoms with Gasteiger partial charge in [0.05, 0.1) is 23.4 Å². The monoisotopic (exact) mass is 452 g/mol. The highest BCUT2D eigenvalue weighted by Gasteiger charge is 2.25. The van der Waals surface area contributed by atoms with E-state index in [9.17, 15) is 5.11 Å². The number of benzene rings is 1. The van der Waals surface area contributed by atoms with Gasteiger partial charge in [0.1, 0.15) is 5.75 Å². The summed E-state index contributed by atoms with van der Waals surface area (Å²) in [6.07, 6.45) is 7.17. The Bertz CT molecular complexity index is 765. The van der Waals surface area contributed by atoms with Crippen LogP contribution >= 0.6 is 11.6 Å². The second-order valence-corrected chi connectivity index (χ2v) is 8.37. The topological polar surface area (TPSA) is 117 Å². The summed E-state index contributed by atoms with van der Waals surface area (Å²) in [6.45, 7) is 4.72. The zero-order valence-corrected chi connectivity index (χ0v) is 19.4. The number of nitrogens with zero attached hydrogens (tertiary/aromatic N) is 2. The molecule has 0 amide bonds. The average molecular weight is 453 g/mol. The van der Waals surface area contributed by atoms with Crippen LogP contribution in [-0.4, -0.2) is 35.7 Å². The summed E-state index contributed by atoms with van der Waals surface area (Å²) in [4.78, 5) is 4.43. The summed E-state index contributed by atoms with van der Waals surface area (Å²) in [5.74, 6) is 7.86. The van der Waals surface area contributed by atoms with Gasteiger partial charge in [-0.1, -0.05) is 19.8 Å². The second kappa shape index (κ2) is 12.9. The van der Waals surface area contributed by atoms with Gasteiger partial charge in [-0.3, -0.25) is 0 Å². The summed E-state index contributed by atoms with van der Waals surface area (Å²) in [6, 6.07) is 3.64. The Hall–Kier alpha value is -1.80. The van der Waals surface area contributed by atoms with Crippen LogP contribution in [-0.2, 0) is 5.88 Å². The molecule has 7 nitrogen and oxygen atoms in total. The smallest absolute Gasteiger partial charge is 0.220 e. The Balaban J connectivity index is 2.24. The van der Waals surface area contributed by atoms with Crippen LogP contribution < -0.4 is 21.3 Å². The maximum atomic E-state index is 10.6. The van der Waals surface area contributed by atoms with E-state index in [0.29, 0.717) is 40.8 Å². The second-order valence-electron chi connectivity index (χ2n) is 8.10. The minimum absolute atomic E-state index is 0.166. The Labute approximate surface area is 190 Å². The van der Waals surface area contributed by atoms with E-state index < -0.39 is 6.10 Å². The number of anilines is 2. The molecule has 31 heavy (non-hydrogen) atoms. The zero-order valence-electron chi connectivity index (χ0n) is 18.7. The lowest BCUT2D eigenvalue weighted by Gasteiger charge is -2.23. The molecule has 1 unspecified atom stereocenters. The fraction of sp³-hybridized carbons (Fsp3) is 0.609. The molecule has 0 radical (unpaired) electrons. The Morgan fingerprint density at radius 1 is 1.35 bits per heavy atom.